The number of ether oxygens (including phenoxy) is 5. The number of carbonyl (C=O) groups is 3. The van der Waals surface area contributed by atoms with Crippen LogP contribution in [0, 0.1) is 11.8 Å². The molecular formula is C31H43NO8. The molecule has 0 radical (unpaired) electrons. The van der Waals surface area contributed by atoms with Gasteiger partial charge in [-0.1, -0.05) is 57.5 Å². The highest BCUT2D eigenvalue weighted by molar-refractivity contribution is 5.99. The van der Waals surface area contributed by atoms with Gasteiger partial charge in [-0.05, 0) is 37.7 Å². The highest BCUT2D eigenvalue weighted by Gasteiger charge is 2.30. The monoisotopic (exact) mass is 557 g/mol. The molecule has 0 fully saturated rings. The largest absolute Gasteiger partial charge is 0.493 e. The zero-order chi connectivity index (χ0) is 29.5. The lowest BCUT2D eigenvalue weighted by Crippen LogP contribution is -2.35. The number of benzene rings is 1. The third kappa shape index (κ3) is 11.0. The van der Waals surface area contributed by atoms with Gasteiger partial charge in [-0.15, -0.1) is 0 Å². The van der Waals surface area contributed by atoms with E-state index in [1.54, 1.807) is 0 Å². The van der Waals surface area contributed by atoms with Crippen LogP contribution in [0.3, 0.4) is 0 Å². The number of aryl methyl sites for hydroxylation is 1. The van der Waals surface area contributed by atoms with Gasteiger partial charge in [0, 0.05) is 32.2 Å². The summed E-state index contributed by atoms with van der Waals surface area (Å²) in [6.45, 7) is 9.32. The molecule has 0 saturated heterocycles. The normalized spacial score (nSPS) is 13.3. The van der Waals surface area contributed by atoms with Gasteiger partial charge in [0.1, 0.15) is 6.10 Å². The third-order valence-electron chi connectivity index (χ3n) is 6.25. The van der Waals surface area contributed by atoms with E-state index in [1.807, 2.05) is 32.0 Å². The van der Waals surface area contributed by atoms with Crippen molar-refractivity contribution in [1.82, 2.24) is 4.98 Å². The number of nitrogens with zero attached hydrogens (tertiary/aromatic N) is 1. The molecule has 220 valence electrons. The SMILES string of the molecule is CCC[C@H](CC(=O)c1nccc(OC)c1OCOC(C)=O)C(=O)O[C@@H](C)[C@@H](CCc1ccccc1)OCC(C)C. The van der Waals surface area contributed by atoms with Gasteiger partial charge < -0.3 is 23.7 Å². The standard InChI is InChI=1S/C31H43NO8/c1-7-11-25(18-26(34)29-30(39-20-38-23(5)33)28(36-6)16-17-32-29)31(35)40-22(4)27(37-19-21(2)3)15-14-24-12-9-8-10-13-24/h8-10,12-13,16-17,21-22,25,27H,7,11,14-15,18-20H2,1-6H3/t22-,25+,27+/m0/s1. The molecule has 0 aliphatic carbocycles. The average Bonchev–Trinajstić information content (AvgIpc) is 2.92. The Hall–Kier alpha value is -3.46. The summed E-state index contributed by atoms with van der Waals surface area (Å²) in [6.07, 6.45) is 3.15. The van der Waals surface area contributed by atoms with E-state index in [4.69, 9.17) is 23.7 Å². The second-order valence-corrected chi connectivity index (χ2v) is 10.1. The summed E-state index contributed by atoms with van der Waals surface area (Å²) in [5.41, 5.74) is 1.18. The molecule has 1 aromatic carbocycles. The number of hydrogen-bond acceptors (Lipinski definition) is 9. The van der Waals surface area contributed by atoms with Crippen LogP contribution in [-0.4, -0.2) is 55.4 Å². The Morgan fingerprint density at radius 1 is 1.00 bits per heavy atom. The van der Waals surface area contributed by atoms with E-state index in [0.717, 1.165) is 6.42 Å². The van der Waals surface area contributed by atoms with Crippen molar-refractivity contribution in [3.63, 3.8) is 0 Å². The van der Waals surface area contributed by atoms with Gasteiger partial charge in [-0.2, -0.15) is 0 Å². The summed E-state index contributed by atoms with van der Waals surface area (Å²) < 4.78 is 27.7. The maximum Gasteiger partial charge on any atom is 0.309 e. The lowest BCUT2D eigenvalue weighted by Gasteiger charge is -2.27. The van der Waals surface area contributed by atoms with Crippen LogP contribution in [-0.2, 0) is 30.2 Å². The van der Waals surface area contributed by atoms with Crippen molar-refractivity contribution in [3.8, 4) is 11.5 Å². The van der Waals surface area contributed by atoms with Crippen molar-refractivity contribution >= 4 is 17.7 Å². The second-order valence-electron chi connectivity index (χ2n) is 10.1. The van der Waals surface area contributed by atoms with Gasteiger partial charge >= 0.3 is 11.9 Å². The maximum atomic E-state index is 13.3. The molecule has 3 atom stereocenters. The minimum atomic E-state index is -0.672. The molecule has 0 aliphatic heterocycles. The van der Waals surface area contributed by atoms with Gasteiger partial charge in [-0.25, -0.2) is 4.98 Å². The fourth-order valence-corrected chi connectivity index (χ4v) is 4.15. The highest BCUT2D eigenvalue weighted by Crippen LogP contribution is 2.31. The fourth-order valence-electron chi connectivity index (χ4n) is 4.15. The smallest absolute Gasteiger partial charge is 0.309 e. The molecule has 2 rings (SSSR count). The Kier molecular flexibility index (Phi) is 14.1. The number of methoxy groups -OCH3 is 1. The lowest BCUT2D eigenvalue weighted by molar-refractivity contribution is -0.162. The van der Waals surface area contributed by atoms with Gasteiger partial charge in [0.05, 0.1) is 19.1 Å². The van der Waals surface area contributed by atoms with Crippen LogP contribution in [0.2, 0.25) is 0 Å². The van der Waals surface area contributed by atoms with Gasteiger partial charge in [-0.3, -0.25) is 14.4 Å². The Balaban J connectivity index is 2.13. The fraction of sp³-hybridized carbons (Fsp3) is 0.548. The Bertz CT molecular complexity index is 1070. The topological polar surface area (TPSA) is 110 Å². The molecule has 0 amide bonds. The predicted octanol–water partition coefficient (Wildman–Crippen LogP) is 5.58. The Morgan fingerprint density at radius 2 is 1.73 bits per heavy atom. The maximum absolute atomic E-state index is 13.3. The molecule has 1 heterocycles. The predicted molar refractivity (Wildman–Crippen MR) is 150 cm³/mol. The quantitative estimate of drug-likeness (QED) is 0.132. The molecular weight excluding hydrogens is 514 g/mol. The highest BCUT2D eigenvalue weighted by atomic mass is 16.7. The zero-order valence-electron chi connectivity index (χ0n) is 24.5. The van der Waals surface area contributed by atoms with E-state index in [2.05, 4.69) is 31.0 Å². The molecule has 0 aliphatic rings. The van der Waals surface area contributed by atoms with Gasteiger partial charge in [0.15, 0.2) is 23.0 Å². The van der Waals surface area contributed by atoms with E-state index in [-0.39, 0.29) is 29.7 Å². The van der Waals surface area contributed by atoms with Crippen LogP contribution in [0.25, 0.3) is 0 Å². The molecule has 0 saturated carbocycles. The van der Waals surface area contributed by atoms with Gasteiger partial charge in [0.25, 0.3) is 0 Å². The van der Waals surface area contributed by atoms with E-state index < -0.39 is 36.5 Å². The number of ketones is 1. The molecule has 40 heavy (non-hydrogen) atoms. The van der Waals surface area contributed by atoms with Crippen molar-refractivity contribution in [3.05, 3.63) is 53.9 Å². The van der Waals surface area contributed by atoms with Crippen LogP contribution < -0.4 is 9.47 Å². The molecule has 1 aromatic heterocycles. The Morgan fingerprint density at radius 3 is 2.35 bits per heavy atom. The van der Waals surface area contributed by atoms with Crippen molar-refractivity contribution in [2.24, 2.45) is 11.8 Å². The number of hydrogen-bond donors (Lipinski definition) is 0. The van der Waals surface area contributed by atoms with Crippen molar-refractivity contribution in [2.75, 3.05) is 20.5 Å². The number of pyridine rings is 1. The number of aromatic nitrogens is 1. The summed E-state index contributed by atoms with van der Waals surface area (Å²) in [7, 11) is 1.43. The van der Waals surface area contributed by atoms with E-state index in [9.17, 15) is 14.4 Å². The molecule has 9 heteroatoms. The third-order valence-corrected chi connectivity index (χ3v) is 6.25. The second kappa shape index (κ2) is 17.3. The summed E-state index contributed by atoms with van der Waals surface area (Å²) in [5, 5.41) is 0. The van der Waals surface area contributed by atoms with Gasteiger partial charge in [0.2, 0.25) is 6.79 Å². The average molecular weight is 558 g/mol. The van der Waals surface area contributed by atoms with Crippen molar-refractivity contribution in [2.45, 2.75) is 78.9 Å². The van der Waals surface area contributed by atoms with E-state index in [1.165, 1.54) is 31.9 Å². The van der Waals surface area contributed by atoms with Crippen LogP contribution in [0.1, 0.15) is 76.4 Å². The van der Waals surface area contributed by atoms with E-state index >= 15 is 0 Å². The Labute approximate surface area is 237 Å². The molecule has 0 spiro atoms. The van der Waals surface area contributed by atoms with Crippen molar-refractivity contribution in [1.29, 1.82) is 0 Å². The van der Waals surface area contributed by atoms with Crippen LogP contribution in [0.5, 0.6) is 11.5 Å². The van der Waals surface area contributed by atoms with Crippen molar-refractivity contribution < 1.29 is 38.1 Å². The summed E-state index contributed by atoms with van der Waals surface area (Å²) in [4.78, 5) is 42.0. The molecule has 0 unspecified atom stereocenters. The first kappa shape index (κ1) is 32.8. The molecule has 0 N–H and O–H groups in total. The molecule has 9 nitrogen and oxygen atoms in total. The number of Topliss-reactive ketones (excluding diaryl/α,β-unsaturated/α-hetero) is 1. The minimum Gasteiger partial charge on any atom is -0.493 e. The minimum absolute atomic E-state index is 0.00513. The first-order valence-electron chi connectivity index (χ1n) is 13.8. The van der Waals surface area contributed by atoms with Crippen LogP contribution >= 0.6 is 0 Å². The summed E-state index contributed by atoms with van der Waals surface area (Å²) in [5.74, 6) is -1.42. The van der Waals surface area contributed by atoms with Crippen LogP contribution in [0.4, 0.5) is 0 Å². The zero-order valence-corrected chi connectivity index (χ0v) is 24.5. The van der Waals surface area contributed by atoms with Crippen LogP contribution in [0.15, 0.2) is 42.6 Å². The lowest BCUT2D eigenvalue weighted by atomic mass is 9.95. The molecule has 2 aromatic rings. The summed E-state index contributed by atoms with van der Waals surface area (Å²) >= 11 is 0. The molecule has 0 bridgehead atoms. The number of carbonyl (C=O) groups excluding carboxylic acids is 3. The van der Waals surface area contributed by atoms with E-state index in [0.29, 0.717) is 31.8 Å². The first-order valence-corrected chi connectivity index (χ1v) is 13.8. The first-order chi connectivity index (χ1) is 19.2. The number of esters is 2. The number of rotatable bonds is 18. The summed E-state index contributed by atoms with van der Waals surface area (Å²) in [6, 6.07) is 11.6.